The number of rotatable bonds is 6. The number of ether oxygens (including phenoxy) is 1. The first kappa shape index (κ1) is 20.4. The van der Waals surface area contributed by atoms with Crippen molar-refractivity contribution in [3.05, 3.63) is 76.4 Å². The van der Waals surface area contributed by atoms with Gasteiger partial charge in [0.1, 0.15) is 5.03 Å². The summed E-state index contributed by atoms with van der Waals surface area (Å²) in [6.45, 7) is 3.89. The number of esters is 1. The number of thioether (sulfide) groups is 1. The van der Waals surface area contributed by atoms with Crippen LogP contribution in [-0.4, -0.2) is 27.8 Å². The Morgan fingerprint density at radius 2 is 1.87 bits per heavy atom. The number of carbonyl (C=O) groups excluding carboxylic acids is 1. The highest BCUT2D eigenvalue weighted by molar-refractivity contribution is 7.98. The molecule has 0 aliphatic carbocycles. The van der Waals surface area contributed by atoms with Crippen molar-refractivity contribution in [2.45, 2.75) is 24.6 Å². The van der Waals surface area contributed by atoms with Crippen molar-refractivity contribution in [3.8, 4) is 11.1 Å². The molecule has 0 aliphatic heterocycles. The lowest BCUT2D eigenvalue weighted by atomic mass is 9.96. The molecule has 0 aliphatic rings. The van der Waals surface area contributed by atoms with Gasteiger partial charge < -0.3 is 4.74 Å². The fourth-order valence-corrected chi connectivity index (χ4v) is 4.42. The molecule has 2 aromatic heterocycles. The topological polar surface area (TPSA) is 67.9 Å². The van der Waals surface area contributed by atoms with Crippen LogP contribution in [0.4, 0.5) is 0 Å². The van der Waals surface area contributed by atoms with Gasteiger partial charge in [-0.25, -0.2) is 9.78 Å². The molecule has 0 bridgehead atoms. The summed E-state index contributed by atoms with van der Waals surface area (Å²) in [4.78, 5) is 17.5. The van der Waals surface area contributed by atoms with Crippen LogP contribution in [0.25, 0.3) is 22.2 Å². The number of nitrogens with one attached hydrogen (secondary N) is 1. The lowest BCUT2D eigenvalue weighted by Crippen LogP contribution is -2.10. The number of nitrogens with zero attached hydrogens (tertiary/aromatic N) is 2. The van der Waals surface area contributed by atoms with E-state index in [9.17, 15) is 4.79 Å². The highest BCUT2D eigenvalue weighted by Gasteiger charge is 2.25. The second-order valence-corrected chi connectivity index (χ2v) is 8.10. The van der Waals surface area contributed by atoms with E-state index in [1.54, 1.807) is 18.7 Å². The first-order chi connectivity index (χ1) is 14.6. The van der Waals surface area contributed by atoms with Crippen molar-refractivity contribution in [2.24, 2.45) is 0 Å². The SMILES string of the molecule is CCOC(=O)c1c(C)nc2[nH]nc(SCc3ccccc3)c2c1-c1ccc(Cl)cc1. The maximum absolute atomic E-state index is 12.9. The first-order valence-electron chi connectivity index (χ1n) is 9.57. The minimum absolute atomic E-state index is 0.289. The van der Waals surface area contributed by atoms with E-state index in [4.69, 9.17) is 16.3 Å². The van der Waals surface area contributed by atoms with Crippen molar-refractivity contribution in [1.29, 1.82) is 0 Å². The van der Waals surface area contributed by atoms with E-state index in [-0.39, 0.29) is 6.61 Å². The van der Waals surface area contributed by atoms with Gasteiger partial charge >= 0.3 is 5.97 Å². The van der Waals surface area contributed by atoms with Crippen LogP contribution in [0.3, 0.4) is 0 Å². The van der Waals surface area contributed by atoms with Crippen LogP contribution in [0.2, 0.25) is 5.02 Å². The van der Waals surface area contributed by atoms with E-state index >= 15 is 0 Å². The summed E-state index contributed by atoms with van der Waals surface area (Å²) < 4.78 is 5.35. The van der Waals surface area contributed by atoms with E-state index in [1.807, 2.05) is 49.4 Å². The average Bonchev–Trinajstić information content (AvgIpc) is 3.15. The van der Waals surface area contributed by atoms with Crippen molar-refractivity contribution < 1.29 is 9.53 Å². The molecular formula is C23H20ClN3O2S. The van der Waals surface area contributed by atoms with Crippen LogP contribution >= 0.6 is 23.4 Å². The Bertz CT molecular complexity index is 1190. The number of H-pyrrole nitrogens is 1. The fraction of sp³-hybridized carbons (Fsp3) is 0.174. The molecule has 5 nitrogen and oxygen atoms in total. The molecule has 0 saturated carbocycles. The van der Waals surface area contributed by atoms with E-state index < -0.39 is 5.97 Å². The molecule has 7 heteroatoms. The molecular weight excluding hydrogens is 418 g/mol. The Morgan fingerprint density at radius 1 is 1.13 bits per heavy atom. The average molecular weight is 438 g/mol. The summed E-state index contributed by atoms with van der Waals surface area (Å²) in [6, 6.07) is 17.6. The zero-order valence-corrected chi connectivity index (χ0v) is 18.2. The van der Waals surface area contributed by atoms with Crippen molar-refractivity contribution in [3.63, 3.8) is 0 Å². The summed E-state index contributed by atoms with van der Waals surface area (Å²) in [5, 5.41) is 9.75. The zero-order chi connectivity index (χ0) is 21.1. The minimum Gasteiger partial charge on any atom is -0.462 e. The standard InChI is InChI=1S/C23H20ClN3O2S/c1-3-29-23(28)18-14(2)25-21-20(19(18)16-9-11-17(24)12-10-16)22(27-26-21)30-13-15-7-5-4-6-8-15/h4-12H,3,13H2,1-2H3,(H,25,26,27). The van der Waals surface area contributed by atoms with Gasteiger partial charge in [0.2, 0.25) is 0 Å². The third kappa shape index (κ3) is 4.06. The maximum atomic E-state index is 12.9. The number of benzene rings is 2. The predicted octanol–water partition coefficient (Wildman–Crippen LogP) is 6.06. The quantitative estimate of drug-likeness (QED) is 0.293. The second kappa shape index (κ2) is 8.90. The van der Waals surface area contributed by atoms with E-state index in [2.05, 4.69) is 27.3 Å². The highest BCUT2D eigenvalue weighted by atomic mass is 35.5. The van der Waals surface area contributed by atoms with E-state index in [0.717, 1.165) is 27.3 Å². The van der Waals surface area contributed by atoms with Gasteiger partial charge in [0.05, 0.1) is 23.3 Å². The van der Waals surface area contributed by atoms with E-state index in [0.29, 0.717) is 21.9 Å². The smallest absolute Gasteiger partial charge is 0.340 e. The highest BCUT2D eigenvalue weighted by Crippen LogP contribution is 2.39. The summed E-state index contributed by atoms with van der Waals surface area (Å²) in [6.07, 6.45) is 0. The van der Waals surface area contributed by atoms with Gasteiger partial charge in [0.25, 0.3) is 0 Å². The molecule has 0 radical (unpaired) electrons. The molecule has 1 N–H and O–H groups in total. The van der Waals surface area contributed by atoms with Gasteiger partial charge in [0.15, 0.2) is 5.65 Å². The Balaban J connectivity index is 1.89. The van der Waals surface area contributed by atoms with Gasteiger partial charge in [-0.15, -0.1) is 0 Å². The molecule has 2 aromatic carbocycles. The van der Waals surface area contributed by atoms with Crippen LogP contribution in [0, 0.1) is 6.92 Å². The van der Waals surface area contributed by atoms with Crippen LogP contribution in [0.5, 0.6) is 0 Å². The molecule has 0 unspecified atom stereocenters. The first-order valence-corrected chi connectivity index (χ1v) is 10.9. The minimum atomic E-state index is -0.394. The molecule has 152 valence electrons. The van der Waals surface area contributed by atoms with Crippen molar-refractivity contribution in [2.75, 3.05) is 6.61 Å². The van der Waals surface area contributed by atoms with Crippen LogP contribution in [-0.2, 0) is 10.5 Å². The van der Waals surface area contributed by atoms with Crippen LogP contribution < -0.4 is 0 Å². The van der Waals surface area contributed by atoms with E-state index in [1.165, 1.54) is 5.56 Å². The summed E-state index contributed by atoms with van der Waals surface area (Å²) in [7, 11) is 0. The van der Waals surface area contributed by atoms with Gasteiger partial charge in [-0.2, -0.15) is 5.10 Å². The molecule has 2 heterocycles. The number of hydrogen-bond acceptors (Lipinski definition) is 5. The Hall–Kier alpha value is -2.83. The van der Waals surface area contributed by atoms with Crippen molar-refractivity contribution >= 4 is 40.4 Å². The maximum Gasteiger partial charge on any atom is 0.340 e. The van der Waals surface area contributed by atoms with Gasteiger partial charge in [-0.05, 0) is 37.1 Å². The summed E-state index contributed by atoms with van der Waals surface area (Å²) in [5.41, 5.74) is 4.50. The molecule has 0 atom stereocenters. The third-order valence-corrected chi connectivity index (χ3v) is 5.98. The Morgan fingerprint density at radius 3 is 2.57 bits per heavy atom. The number of hydrogen-bond donors (Lipinski definition) is 1. The number of aromatic nitrogens is 3. The fourth-order valence-electron chi connectivity index (χ4n) is 3.34. The summed E-state index contributed by atoms with van der Waals surface area (Å²) in [5.74, 6) is 0.360. The number of aryl methyl sites for hydroxylation is 1. The molecule has 0 amide bonds. The lowest BCUT2D eigenvalue weighted by Gasteiger charge is -2.14. The predicted molar refractivity (Wildman–Crippen MR) is 121 cm³/mol. The van der Waals surface area contributed by atoms with Crippen LogP contribution in [0.1, 0.15) is 28.5 Å². The van der Waals surface area contributed by atoms with Gasteiger partial charge in [-0.1, -0.05) is 65.8 Å². The number of carbonyl (C=O) groups is 1. The lowest BCUT2D eigenvalue weighted by molar-refractivity contribution is 0.0526. The zero-order valence-electron chi connectivity index (χ0n) is 16.6. The second-order valence-electron chi connectivity index (χ2n) is 6.70. The normalized spacial score (nSPS) is 11.0. The molecule has 4 rings (SSSR count). The number of pyridine rings is 1. The molecule has 30 heavy (non-hydrogen) atoms. The van der Waals surface area contributed by atoms with Crippen molar-refractivity contribution in [1.82, 2.24) is 15.2 Å². The van der Waals surface area contributed by atoms with Gasteiger partial charge in [-0.3, -0.25) is 5.10 Å². The Kier molecular flexibility index (Phi) is 6.06. The molecule has 4 aromatic rings. The number of aromatic amines is 1. The Labute approximate surface area is 183 Å². The third-order valence-electron chi connectivity index (χ3n) is 4.69. The largest absolute Gasteiger partial charge is 0.462 e. The number of halogens is 1. The van der Waals surface area contributed by atoms with Crippen LogP contribution in [0.15, 0.2) is 59.6 Å². The molecule has 0 spiro atoms. The number of fused-ring (bicyclic) bond motifs is 1. The molecule has 0 saturated heterocycles. The molecule has 0 fully saturated rings. The monoisotopic (exact) mass is 437 g/mol. The van der Waals surface area contributed by atoms with Gasteiger partial charge in [0, 0.05) is 16.3 Å². The summed E-state index contributed by atoms with van der Waals surface area (Å²) >= 11 is 7.70.